The van der Waals surface area contributed by atoms with Crippen molar-refractivity contribution < 1.29 is 64.1 Å². The molecule has 10 nitrogen and oxygen atoms in total. The molecule has 4 aromatic carbocycles. The molecule has 0 bridgehead atoms. The van der Waals surface area contributed by atoms with Crippen LogP contribution in [0.4, 0.5) is 46.5 Å². The Balaban J connectivity index is 0.000000237. The Morgan fingerprint density at radius 3 is 1.64 bits per heavy atom. The predicted molar refractivity (Wildman–Crippen MR) is 209 cm³/mol. The zero-order valence-corrected chi connectivity index (χ0v) is 33.6. The van der Waals surface area contributed by atoms with Gasteiger partial charge in [-0.25, -0.2) is 8.78 Å². The maximum Gasteiger partial charge on any atom is 0.419 e. The van der Waals surface area contributed by atoms with Gasteiger partial charge in [-0.2, -0.15) is 26.3 Å². The molecular weight excluding hydrogens is 820 g/mol. The Morgan fingerprint density at radius 1 is 0.721 bits per heavy atom. The summed E-state index contributed by atoms with van der Waals surface area (Å²) in [7, 11) is 2.93. The van der Waals surface area contributed by atoms with Gasteiger partial charge >= 0.3 is 12.4 Å². The van der Waals surface area contributed by atoms with Gasteiger partial charge in [0.25, 0.3) is 0 Å². The molecule has 2 aliphatic heterocycles. The van der Waals surface area contributed by atoms with Gasteiger partial charge in [0.05, 0.1) is 61.6 Å². The second-order valence-electron chi connectivity index (χ2n) is 15.1. The van der Waals surface area contributed by atoms with Crippen LogP contribution in [0.5, 0.6) is 11.5 Å². The third-order valence-electron chi connectivity index (χ3n) is 10.2. The van der Waals surface area contributed by atoms with Crippen LogP contribution in [-0.4, -0.2) is 61.6 Å². The Labute approximate surface area is 346 Å². The van der Waals surface area contributed by atoms with Crippen molar-refractivity contribution in [2.75, 3.05) is 44.5 Å². The van der Waals surface area contributed by atoms with Crippen molar-refractivity contribution in [3.63, 3.8) is 0 Å². The molecule has 2 heterocycles. The SMILES string of the molecule is COc1ccc2c(c1NC(=O)Cc1ccc(C(F)(F)F)c(F)c1)CCN(C(=O)C(C)(C)CO)C2.COc1ccc2c(c1NC(=O)Cc1ccc(C(F)(F)F)c(F)c1)CCNC2. The number of carbonyl (C=O) groups is 3. The van der Waals surface area contributed by atoms with Gasteiger partial charge in [0.15, 0.2) is 0 Å². The lowest BCUT2D eigenvalue weighted by Gasteiger charge is -2.35. The molecule has 0 radical (unpaired) electrons. The molecule has 61 heavy (non-hydrogen) atoms. The molecule has 0 aliphatic carbocycles. The molecule has 0 fully saturated rings. The largest absolute Gasteiger partial charge is 0.495 e. The highest BCUT2D eigenvalue weighted by Gasteiger charge is 2.36. The van der Waals surface area contributed by atoms with Gasteiger partial charge < -0.3 is 35.4 Å². The fraction of sp³-hybridized carbons (Fsp3) is 0.372. The van der Waals surface area contributed by atoms with Gasteiger partial charge in [-0.1, -0.05) is 24.3 Å². The Bertz CT molecular complexity index is 2280. The Morgan fingerprint density at radius 2 is 1.20 bits per heavy atom. The van der Waals surface area contributed by atoms with E-state index in [1.54, 1.807) is 36.9 Å². The second kappa shape index (κ2) is 18.9. The van der Waals surface area contributed by atoms with Crippen LogP contribution in [0.25, 0.3) is 0 Å². The van der Waals surface area contributed by atoms with E-state index < -0.39 is 52.3 Å². The molecule has 4 aromatic rings. The number of ether oxygens (including phenoxy) is 2. The van der Waals surface area contributed by atoms with Crippen LogP contribution in [-0.2, 0) is 65.5 Å². The van der Waals surface area contributed by atoms with Crippen LogP contribution in [0.15, 0.2) is 60.7 Å². The van der Waals surface area contributed by atoms with Gasteiger partial charge in [-0.15, -0.1) is 0 Å². The average molecular weight is 865 g/mol. The summed E-state index contributed by atoms with van der Waals surface area (Å²) in [6.07, 6.45) is -9.04. The topological polar surface area (TPSA) is 129 Å². The first-order valence-electron chi connectivity index (χ1n) is 19.0. The summed E-state index contributed by atoms with van der Waals surface area (Å²) < 4.78 is 114. The number of aliphatic hydroxyl groups is 1. The number of hydrogen-bond donors (Lipinski definition) is 4. The van der Waals surface area contributed by atoms with E-state index in [1.165, 1.54) is 14.2 Å². The van der Waals surface area contributed by atoms with E-state index in [0.29, 0.717) is 67.0 Å². The maximum atomic E-state index is 13.9. The van der Waals surface area contributed by atoms with Crippen molar-refractivity contribution >= 4 is 29.1 Å². The highest BCUT2D eigenvalue weighted by atomic mass is 19.4. The van der Waals surface area contributed by atoms with Crippen molar-refractivity contribution in [1.29, 1.82) is 0 Å². The lowest BCUT2D eigenvalue weighted by Crippen LogP contribution is -2.45. The zero-order chi connectivity index (χ0) is 44.9. The van der Waals surface area contributed by atoms with Gasteiger partial charge in [-0.05, 0) is 103 Å². The monoisotopic (exact) mass is 864 g/mol. The number of methoxy groups -OCH3 is 2. The number of halogens is 8. The van der Waals surface area contributed by atoms with Crippen molar-refractivity contribution in [2.24, 2.45) is 5.41 Å². The smallest absolute Gasteiger partial charge is 0.419 e. The predicted octanol–water partition coefficient (Wildman–Crippen LogP) is 7.62. The highest BCUT2D eigenvalue weighted by Crippen LogP contribution is 2.37. The first-order valence-corrected chi connectivity index (χ1v) is 19.0. The van der Waals surface area contributed by atoms with E-state index in [-0.39, 0.29) is 43.0 Å². The minimum atomic E-state index is -4.82. The molecule has 2 aliphatic rings. The van der Waals surface area contributed by atoms with Crippen molar-refractivity contribution in [2.45, 2.75) is 65.0 Å². The van der Waals surface area contributed by atoms with Crippen LogP contribution >= 0.6 is 0 Å². The molecule has 0 saturated carbocycles. The number of rotatable bonds is 10. The number of nitrogens with one attached hydrogen (secondary N) is 3. The number of alkyl halides is 6. The van der Waals surface area contributed by atoms with Crippen LogP contribution in [0.2, 0.25) is 0 Å². The standard InChI is InChI=1S/C24H26F4N2O4.C19H18F4N2O2/c1-23(2,13-31)22(33)30-9-8-16-15(12-30)5-7-19(34-3)21(16)29-20(32)11-14-4-6-17(18(25)10-14)24(26,27)28;1-27-16-5-3-12-10-24-7-6-13(12)18(16)25-17(26)9-11-2-4-14(15(20)8-11)19(21,22)23/h4-7,10,31H,8-9,11-13H2,1-3H3,(H,29,32);2-5,8,24H,6-7,9-10H2,1H3,(H,25,26). The number of nitrogens with zero attached hydrogens (tertiary/aromatic N) is 1. The summed E-state index contributed by atoms with van der Waals surface area (Å²) >= 11 is 0. The van der Waals surface area contributed by atoms with Crippen LogP contribution in [0, 0.1) is 17.0 Å². The maximum absolute atomic E-state index is 13.9. The van der Waals surface area contributed by atoms with Crippen molar-refractivity contribution in [3.8, 4) is 11.5 Å². The lowest BCUT2D eigenvalue weighted by atomic mass is 9.90. The van der Waals surface area contributed by atoms with E-state index in [4.69, 9.17) is 9.47 Å². The highest BCUT2D eigenvalue weighted by molar-refractivity contribution is 5.96. The Hall–Kier alpha value is -5.75. The van der Waals surface area contributed by atoms with Crippen LogP contribution in [0.1, 0.15) is 58.4 Å². The fourth-order valence-corrected chi connectivity index (χ4v) is 7.01. The number of fused-ring (bicyclic) bond motifs is 2. The fourth-order valence-electron chi connectivity index (χ4n) is 7.01. The number of amides is 3. The molecule has 18 heteroatoms. The molecule has 0 saturated heterocycles. The number of aliphatic hydroxyl groups excluding tert-OH is 1. The number of anilines is 2. The second-order valence-corrected chi connectivity index (χ2v) is 15.1. The first-order chi connectivity index (χ1) is 28.7. The normalized spacial score (nSPS) is 13.9. The third kappa shape index (κ3) is 11.2. The van der Waals surface area contributed by atoms with Gasteiger partial charge in [-0.3, -0.25) is 14.4 Å². The van der Waals surface area contributed by atoms with Crippen LogP contribution < -0.4 is 25.4 Å². The molecule has 0 atom stereocenters. The summed E-state index contributed by atoms with van der Waals surface area (Å²) in [5.41, 5.74) is 1.12. The molecule has 0 unspecified atom stereocenters. The Kier molecular flexibility index (Phi) is 14.3. The average Bonchev–Trinajstić information content (AvgIpc) is 3.19. The summed E-state index contributed by atoms with van der Waals surface area (Å²) in [6, 6.07) is 12.0. The number of hydrogen-bond acceptors (Lipinski definition) is 7. The molecule has 4 N–H and O–H groups in total. The van der Waals surface area contributed by atoms with Crippen LogP contribution in [0.3, 0.4) is 0 Å². The number of benzene rings is 4. The quantitative estimate of drug-likeness (QED) is 0.121. The van der Waals surface area contributed by atoms with E-state index in [1.807, 2.05) is 6.07 Å². The minimum Gasteiger partial charge on any atom is -0.495 e. The van der Waals surface area contributed by atoms with Crippen molar-refractivity contribution in [1.82, 2.24) is 10.2 Å². The minimum absolute atomic E-state index is 0.0924. The summed E-state index contributed by atoms with van der Waals surface area (Å²) in [5, 5.41) is 18.2. The molecule has 6 rings (SSSR count). The van der Waals surface area contributed by atoms with E-state index in [2.05, 4.69) is 16.0 Å². The third-order valence-corrected chi connectivity index (χ3v) is 10.2. The summed E-state index contributed by atoms with van der Waals surface area (Å²) in [6.45, 7) is 5.12. The lowest BCUT2D eigenvalue weighted by molar-refractivity contribution is -0.143. The first kappa shape index (κ1) is 46.3. The summed E-state index contributed by atoms with van der Waals surface area (Å²) in [5.74, 6) is -3.14. The molecular formula is C43H44F8N4O6. The molecule has 3 amide bonds. The van der Waals surface area contributed by atoms with E-state index >= 15 is 0 Å². The van der Waals surface area contributed by atoms with Gasteiger partial charge in [0, 0.05) is 19.6 Å². The zero-order valence-electron chi connectivity index (χ0n) is 33.6. The molecule has 328 valence electrons. The van der Waals surface area contributed by atoms with E-state index in [9.17, 15) is 54.6 Å². The number of carbonyl (C=O) groups excluding carboxylic acids is 3. The van der Waals surface area contributed by atoms with Gasteiger partial charge in [0.2, 0.25) is 17.7 Å². The summed E-state index contributed by atoms with van der Waals surface area (Å²) in [4.78, 5) is 39.4. The van der Waals surface area contributed by atoms with Gasteiger partial charge in [0.1, 0.15) is 23.1 Å². The molecule has 0 spiro atoms. The van der Waals surface area contributed by atoms with E-state index in [0.717, 1.165) is 47.0 Å². The van der Waals surface area contributed by atoms with Crippen molar-refractivity contribution in [3.05, 3.63) is 117 Å². The molecule has 0 aromatic heterocycles.